The lowest BCUT2D eigenvalue weighted by Crippen LogP contribution is -2.31. The normalized spacial score (nSPS) is 22.2. The molecule has 0 saturated heterocycles. The van der Waals surface area contributed by atoms with Crippen LogP contribution in [0.15, 0.2) is 54.6 Å². The zero-order valence-electron chi connectivity index (χ0n) is 18.8. The van der Waals surface area contributed by atoms with Gasteiger partial charge in [-0.2, -0.15) is 0 Å². The summed E-state index contributed by atoms with van der Waals surface area (Å²) in [5, 5.41) is 20.4. The highest BCUT2D eigenvalue weighted by atomic mass is 32.2. The van der Waals surface area contributed by atoms with Gasteiger partial charge in [0.2, 0.25) is 15.9 Å². The van der Waals surface area contributed by atoms with E-state index >= 15 is 0 Å². The molecular formula is C24H33NO7S. The van der Waals surface area contributed by atoms with Gasteiger partial charge in [0.15, 0.2) is 0 Å². The lowest BCUT2D eigenvalue weighted by atomic mass is 9.90. The molecule has 1 fully saturated rings. The second kappa shape index (κ2) is 13.3. The van der Waals surface area contributed by atoms with E-state index in [0.29, 0.717) is 25.0 Å². The Kier molecular flexibility index (Phi) is 10.8. The van der Waals surface area contributed by atoms with E-state index in [2.05, 4.69) is 0 Å². The van der Waals surface area contributed by atoms with Crippen LogP contribution in [0.2, 0.25) is 0 Å². The lowest BCUT2D eigenvalue weighted by Gasteiger charge is -2.17. The number of para-hydroxylation sites is 1. The Morgan fingerprint density at radius 3 is 2.70 bits per heavy atom. The summed E-state index contributed by atoms with van der Waals surface area (Å²) in [6, 6.07) is 9.12. The maximum Gasteiger partial charge on any atom is 0.234 e. The summed E-state index contributed by atoms with van der Waals surface area (Å²) in [6.07, 6.45) is 6.94. The van der Waals surface area contributed by atoms with Gasteiger partial charge in [-0.15, -0.1) is 0 Å². The van der Waals surface area contributed by atoms with Crippen molar-refractivity contribution in [2.45, 2.75) is 51.2 Å². The highest BCUT2D eigenvalue weighted by Crippen LogP contribution is 2.33. The molecule has 0 aromatic heterocycles. The van der Waals surface area contributed by atoms with Gasteiger partial charge in [0.25, 0.3) is 0 Å². The fraction of sp³-hybridized carbons (Fsp3) is 0.500. The predicted molar refractivity (Wildman–Crippen MR) is 125 cm³/mol. The lowest BCUT2D eigenvalue weighted by molar-refractivity contribution is -0.121. The first-order valence-electron chi connectivity index (χ1n) is 11.1. The first-order valence-corrected chi connectivity index (χ1v) is 12.8. The van der Waals surface area contributed by atoms with Crippen molar-refractivity contribution in [3.05, 3.63) is 54.6 Å². The number of benzene rings is 1. The molecule has 3 N–H and O–H groups in total. The van der Waals surface area contributed by atoms with Gasteiger partial charge in [-0.1, -0.05) is 42.5 Å². The summed E-state index contributed by atoms with van der Waals surface area (Å²) in [5.74, 6) is -0.827. The largest absolute Gasteiger partial charge is 0.491 e. The number of nitrogens with one attached hydrogen (secondary N) is 1. The number of ketones is 1. The van der Waals surface area contributed by atoms with Gasteiger partial charge in [-0.25, -0.2) is 8.42 Å². The quantitative estimate of drug-likeness (QED) is 0.292. The zero-order valence-corrected chi connectivity index (χ0v) is 19.6. The van der Waals surface area contributed by atoms with Crippen LogP contribution in [0.25, 0.3) is 0 Å². The number of sulfonamides is 1. The number of allylic oxidation sites excluding steroid dienone is 2. The molecule has 1 aromatic rings. The van der Waals surface area contributed by atoms with E-state index in [4.69, 9.17) is 4.74 Å². The minimum atomic E-state index is -3.54. The van der Waals surface area contributed by atoms with Gasteiger partial charge in [0.05, 0.1) is 11.9 Å². The van der Waals surface area contributed by atoms with E-state index in [1.807, 2.05) is 35.1 Å². The first kappa shape index (κ1) is 26.8. The van der Waals surface area contributed by atoms with Crippen LogP contribution in [-0.2, 0) is 19.6 Å². The molecule has 1 unspecified atom stereocenters. The molecule has 1 aliphatic carbocycles. The average Bonchev–Trinajstić information content (AvgIpc) is 3.05. The van der Waals surface area contributed by atoms with Crippen molar-refractivity contribution in [3.63, 3.8) is 0 Å². The van der Waals surface area contributed by atoms with Gasteiger partial charge in [-0.3, -0.25) is 14.3 Å². The molecule has 0 bridgehead atoms. The first-order chi connectivity index (χ1) is 15.7. The predicted octanol–water partition coefficient (Wildman–Crippen LogP) is 2.13. The fourth-order valence-corrected chi connectivity index (χ4v) is 4.17. The van der Waals surface area contributed by atoms with Gasteiger partial charge < -0.3 is 14.9 Å². The number of carbonyl (C=O) groups is 2. The molecule has 182 valence electrons. The average molecular weight is 480 g/mol. The second-order valence-electron chi connectivity index (χ2n) is 8.03. The van der Waals surface area contributed by atoms with Gasteiger partial charge in [0.1, 0.15) is 24.2 Å². The topological polar surface area (TPSA) is 130 Å². The van der Waals surface area contributed by atoms with Crippen molar-refractivity contribution in [1.29, 1.82) is 0 Å². The molecule has 4 atom stereocenters. The van der Waals surface area contributed by atoms with Crippen molar-refractivity contribution in [2.75, 3.05) is 12.4 Å². The summed E-state index contributed by atoms with van der Waals surface area (Å²) in [6.45, 7) is 1.52. The Morgan fingerprint density at radius 2 is 2.00 bits per heavy atom. The van der Waals surface area contributed by atoms with Crippen LogP contribution >= 0.6 is 0 Å². The number of amides is 1. The van der Waals surface area contributed by atoms with Crippen molar-refractivity contribution >= 4 is 21.7 Å². The number of rotatable bonds is 13. The third-order valence-electron chi connectivity index (χ3n) is 5.43. The summed E-state index contributed by atoms with van der Waals surface area (Å²) < 4.78 is 30.2. The van der Waals surface area contributed by atoms with Gasteiger partial charge in [0, 0.05) is 24.7 Å². The molecule has 1 amide bonds. The van der Waals surface area contributed by atoms with E-state index in [-0.39, 0.29) is 36.9 Å². The standard InChI is InChI=1S/C24H33NO7S/c1-2-33(30,31)25-24(29)13-9-4-3-8-12-20-21(23(28)16-22(20)27)15-14-18(26)17-32-19-10-6-5-7-11-19/h3,5-8,10-11,14-15,18,20-21,23,26,28H,2,4,9,12-13,16-17H2,1H3,(H,25,29)/b8-3-,15-14+/t18-,20-,21?,23-/m1/s1. The Morgan fingerprint density at radius 1 is 1.27 bits per heavy atom. The maximum atomic E-state index is 12.3. The number of Topliss-reactive ketones (excluding diaryl/α,β-unsaturated/α-hetero) is 1. The van der Waals surface area contributed by atoms with Crippen molar-refractivity contribution in [3.8, 4) is 5.75 Å². The van der Waals surface area contributed by atoms with E-state index in [9.17, 15) is 28.2 Å². The zero-order chi connectivity index (χ0) is 24.3. The molecule has 0 spiro atoms. The third-order valence-corrected chi connectivity index (χ3v) is 6.73. The highest BCUT2D eigenvalue weighted by molar-refractivity contribution is 7.90. The monoisotopic (exact) mass is 479 g/mol. The van der Waals surface area contributed by atoms with Crippen LogP contribution in [0.4, 0.5) is 0 Å². The highest BCUT2D eigenvalue weighted by Gasteiger charge is 2.39. The van der Waals surface area contributed by atoms with Crippen LogP contribution in [0, 0.1) is 11.8 Å². The molecule has 9 heteroatoms. The van der Waals surface area contributed by atoms with Gasteiger partial charge in [-0.05, 0) is 38.3 Å². The number of unbranched alkanes of at least 4 members (excludes halogenated alkanes) is 1. The van der Waals surface area contributed by atoms with Crippen LogP contribution in [0.1, 0.15) is 39.0 Å². The molecule has 1 saturated carbocycles. The number of aliphatic hydroxyl groups excluding tert-OH is 2. The molecule has 1 aromatic carbocycles. The van der Waals surface area contributed by atoms with Crippen LogP contribution in [-0.4, -0.2) is 54.9 Å². The molecule has 33 heavy (non-hydrogen) atoms. The number of carbonyl (C=O) groups excluding carboxylic acids is 2. The number of aliphatic hydroxyl groups is 2. The van der Waals surface area contributed by atoms with Crippen LogP contribution in [0.3, 0.4) is 0 Å². The molecular weight excluding hydrogens is 446 g/mol. The van der Waals surface area contributed by atoms with E-state index in [0.717, 1.165) is 0 Å². The maximum absolute atomic E-state index is 12.3. The number of hydrogen-bond acceptors (Lipinski definition) is 7. The summed E-state index contributed by atoms with van der Waals surface area (Å²) in [4.78, 5) is 23.9. The van der Waals surface area contributed by atoms with Gasteiger partial charge >= 0.3 is 0 Å². The van der Waals surface area contributed by atoms with Crippen LogP contribution < -0.4 is 9.46 Å². The third kappa shape index (κ3) is 9.49. The van der Waals surface area contributed by atoms with E-state index < -0.39 is 34.1 Å². The van der Waals surface area contributed by atoms with Crippen LogP contribution in [0.5, 0.6) is 5.75 Å². The summed E-state index contributed by atoms with van der Waals surface area (Å²) in [5.41, 5.74) is 0. The summed E-state index contributed by atoms with van der Waals surface area (Å²) in [7, 11) is -3.54. The second-order valence-corrected chi connectivity index (χ2v) is 10.0. The molecule has 1 aliphatic rings. The minimum Gasteiger partial charge on any atom is -0.491 e. The minimum absolute atomic E-state index is 0.0269. The van der Waals surface area contributed by atoms with Crippen molar-refractivity contribution < 1.29 is 33.0 Å². The van der Waals surface area contributed by atoms with E-state index in [1.165, 1.54) is 6.92 Å². The SMILES string of the molecule is CCS(=O)(=O)NC(=O)CCC/C=C\C[C@H]1C(=O)C[C@@H](O)C1/C=C/[C@@H](O)COc1ccccc1. The smallest absolute Gasteiger partial charge is 0.234 e. The Bertz CT molecular complexity index is 927. The molecule has 0 heterocycles. The molecule has 8 nitrogen and oxygen atoms in total. The van der Waals surface area contributed by atoms with E-state index in [1.54, 1.807) is 24.3 Å². The number of hydrogen-bond donors (Lipinski definition) is 3. The molecule has 0 radical (unpaired) electrons. The van der Waals surface area contributed by atoms with Crippen molar-refractivity contribution in [2.24, 2.45) is 11.8 Å². The van der Waals surface area contributed by atoms with Crippen molar-refractivity contribution in [1.82, 2.24) is 4.72 Å². The number of ether oxygens (including phenoxy) is 1. The molecule has 0 aliphatic heterocycles. The Hall–Kier alpha value is -2.49. The Labute approximate surface area is 195 Å². The Balaban J connectivity index is 1.77. The fourth-order valence-electron chi connectivity index (χ4n) is 3.58. The summed E-state index contributed by atoms with van der Waals surface area (Å²) >= 11 is 0. The molecule has 2 rings (SSSR count).